The number of rotatable bonds is 4. The molecule has 1 aliphatic carbocycles. The molecule has 0 aromatic heterocycles. The first-order chi connectivity index (χ1) is 13.2. The van der Waals surface area contributed by atoms with Crippen LogP contribution in [0.25, 0.3) is 17.2 Å². The molecule has 0 fully saturated rings. The summed E-state index contributed by atoms with van der Waals surface area (Å²) >= 11 is 0. The van der Waals surface area contributed by atoms with Crippen molar-refractivity contribution in [2.24, 2.45) is 10.2 Å². The Morgan fingerprint density at radius 1 is 0.704 bits per heavy atom. The molecule has 27 heavy (non-hydrogen) atoms. The van der Waals surface area contributed by atoms with E-state index in [2.05, 4.69) is 75.8 Å². The monoisotopic (exact) mass is 351 g/mol. The summed E-state index contributed by atoms with van der Waals surface area (Å²) in [5.41, 5.74) is 7.97. The molecule has 0 bridgehead atoms. The van der Waals surface area contributed by atoms with Gasteiger partial charge < -0.3 is 4.90 Å². The van der Waals surface area contributed by atoms with Gasteiger partial charge in [-0.1, -0.05) is 66.7 Å². The quantitative estimate of drug-likeness (QED) is 0.364. The van der Waals surface area contributed by atoms with Crippen LogP contribution in [0.5, 0.6) is 0 Å². The molecule has 0 amide bonds. The fraction of sp³-hybridized carbons (Fsp3) is 0.0833. The molecule has 0 spiro atoms. The number of allylic oxidation sites excluding steroid dienone is 1. The number of hydrogen-bond acceptors (Lipinski definition) is 3. The van der Waals surface area contributed by atoms with Crippen LogP contribution in [0.1, 0.15) is 16.7 Å². The summed E-state index contributed by atoms with van der Waals surface area (Å²) in [6, 6.07) is 25.1. The summed E-state index contributed by atoms with van der Waals surface area (Å²) in [5.74, 6) is 0. The van der Waals surface area contributed by atoms with Crippen molar-refractivity contribution in [2.75, 3.05) is 19.0 Å². The third-order valence-corrected chi connectivity index (χ3v) is 4.66. The molecular formula is C24H21N3. The highest BCUT2D eigenvalue weighted by atomic mass is 15.2. The average Bonchev–Trinajstić information content (AvgIpc) is 3.02. The lowest BCUT2D eigenvalue weighted by molar-refractivity contribution is 1.13. The predicted octanol–water partition coefficient (Wildman–Crippen LogP) is 5.27. The van der Waals surface area contributed by atoms with Crippen molar-refractivity contribution in [3.8, 4) is 11.1 Å². The lowest BCUT2D eigenvalue weighted by Gasteiger charge is -2.11. The molecule has 4 rings (SSSR count). The normalized spacial score (nSPS) is 12.4. The Bertz CT molecular complexity index is 994. The van der Waals surface area contributed by atoms with Gasteiger partial charge in [0.05, 0.1) is 0 Å². The van der Waals surface area contributed by atoms with Crippen LogP contribution in [0, 0.1) is 0 Å². The fourth-order valence-electron chi connectivity index (χ4n) is 3.27. The van der Waals surface area contributed by atoms with Gasteiger partial charge in [0.25, 0.3) is 0 Å². The first-order valence-corrected chi connectivity index (χ1v) is 8.98. The summed E-state index contributed by atoms with van der Waals surface area (Å²) in [6.07, 6.45) is 5.68. The maximum absolute atomic E-state index is 4.50. The topological polar surface area (TPSA) is 28.0 Å². The molecule has 3 aromatic carbocycles. The number of fused-ring (bicyclic) bond motifs is 3. The number of nitrogens with zero attached hydrogens (tertiary/aromatic N) is 3. The van der Waals surface area contributed by atoms with Crippen LogP contribution in [-0.4, -0.2) is 26.0 Å². The maximum Gasteiger partial charge on any atom is 0.101 e. The third kappa shape index (κ3) is 3.44. The van der Waals surface area contributed by atoms with E-state index in [9.17, 15) is 0 Å². The molecule has 0 atom stereocenters. The van der Waals surface area contributed by atoms with E-state index >= 15 is 0 Å². The lowest BCUT2D eigenvalue weighted by Crippen LogP contribution is -2.07. The van der Waals surface area contributed by atoms with Crippen LogP contribution in [-0.2, 0) is 0 Å². The van der Waals surface area contributed by atoms with Crippen LogP contribution in [0.3, 0.4) is 0 Å². The summed E-state index contributed by atoms with van der Waals surface area (Å²) in [7, 11) is 4.08. The van der Waals surface area contributed by atoms with E-state index in [1.165, 1.54) is 16.8 Å². The minimum atomic E-state index is 0.932. The van der Waals surface area contributed by atoms with Gasteiger partial charge in [-0.05, 0) is 34.9 Å². The van der Waals surface area contributed by atoms with E-state index in [0.29, 0.717) is 0 Å². The molecule has 0 radical (unpaired) electrons. The van der Waals surface area contributed by atoms with E-state index in [-0.39, 0.29) is 0 Å². The SMILES string of the molecule is CN(C)c1ccc(/C=C\C=N\N=C2c3ccccc3-c3ccccc32)cc1. The van der Waals surface area contributed by atoms with E-state index in [4.69, 9.17) is 0 Å². The van der Waals surface area contributed by atoms with Gasteiger partial charge >= 0.3 is 0 Å². The zero-order valence-corrected chi connectivity index (χ0v) is 15.5. The molecule has 3 nitrogen and oxygen atoms in total. The molecule has 3 heteroatoms. The van der Waals surface area contributed by atoms with Crippen molar-refractivity contribution < 1.29 is 0 Å². The maximum atomic E-state index is 4.50. The lowest BCUT2D eigenvalue weighted by atomic mass is 10.1. The van der Waals surface area contributed by atoms with Crippen molar-refractivity contribution in [3.63, 3.8) is 0 Å². The van der Waals surface area contributed by atoms with E-state index in [0.717, 1.165) is 22.4 Å². The molecule has 0 saturated carbocycles. The minimum Gasteiger partial charge on any atom is -0.378 e. The van der Waals surface area contributed by atoms with Crippen molar-refractivity contribution in [1.82, 2.24) is 0 Å². The molecule has 1 aliphatic rings. The van der Waals surface area contributed by atoms with E-state index in [1.54, 1.807) is 6.21 Å². The van der Waals surface area contributed by atoms with Gasteiger partial charge in [0, 0.05) is 37.1 Å². The van der Waals surface area contributed by atoms with Crippen molar-refractivity contribution in [3.05, 3.63) is 95.6 Å². The Balaban J connectivity index is 1.54. The number of hydrogen-bond donors (Lipinski definition) is 0. The molecule has 0 unspecified atom stereocenters. The summed E-state index contributed by atoms with van der Waals surface area (Å²) < 4.78 is 0. The van der Waals surface area contributed by atoms with Crippen molar-refractivity contribution >= 4 is 23.7 Å². The highest BCUT2D eigenvalue weighted by molar-refractivity contribution is 6.24. The second-order valence-corrected chi connectivity index (χ2v) is 6.65. The summed E-state index contributed by atoms with van der Waals surface area (Å²) in [4.78, 5) is 2.09. The zero-order valence-electron chi connectivity index (χ0n) is 15.5. The molecule has 0 saturated heterocycles. The largest absolute Gasteiger partial charge is 0.378 e. The molecule has 0 heterocycles. The Morgan fingerprint density at radius 2 is 1.26 bits per heavy atom. The molecule has 0 aliphatic heterocycles. The summed E-state index contributed by atoms with van der Waals surface area (Å²) in [6.45, 7) is 0. The van der Waals surface area contributed by atoms with Crippen LogP contribution < -0.4 is 4.90 Å². The van der Waals surface area contributed by atoms with Gasteiger partial charge in [-0.3, -0.25) is 0 Å². The van der Waals surface area contributed by atoms with Gasteiger partial charge in [-0.15, -0.1) is 5.10 Å². The Hall–Kier alpha value is -3.46. The Labute approximate surface area is 160 Å². The standard InChI is InChI=1S/C24H21N3/c1-27(2)19-15-13-18(14-16-19)8-7-17-25-26-24-22-11-5-3-9-20(22)21-10-4-6-12-23(21)24/h3-17H,1-2H3/b8-7-,25-17+. The van der Waals surface area contributed by atoms with Crippen LogP contribution in [0.15, 0.2) is 89.1 Å². The van der Waals surface area contributed by atoms with E-state index in [1.807, 2.05) is 38.4 Å². The first-order valence-electron chi connectivity index (χ1n) is 8.98. The Morgan fingerprint density at radius 3 is 1.81 bits per heavy atom. The molecule has 132 valence electrons. The van der Waals surface area contributed by atoms with Gasteiger partial charge in [-0.2, -0.15) is 5.10 Å². The third-order valence-electron chi connectivity index (χ3n) is 4.66. The highest BCUT2D eigenvalue weighted by Gasteiger charge is 2.23. The van der Waals surface area contributed by atoms with Crippen molar-refractivity contribution in [2.45, 2.75) is 0 Å². The van der Waals surface area contributed by atoms with Crippen LogP contribution in [0.2, 0.25) is 0 Å². The van der Waals surface area contributed by atoms with Crippen LogP contribution >= 0.6 is 0 Å². The predicted molar refractivity (Wildman–Crippen MR) is 116 cm³/mol. The molecule has 0 N–H and O–H groups in total. The smallest absolute Gasteiger partial charge is 0.101 e. The second kappa shape index (κ2) is 7.42. The van der Waals surface area contributed by atoms with Crippen molar-refractivity contribution in [1.29, 1.82) is 0 Å². The van der Waals surface area contributed by atoms with Gasteiger partial charge in [0.2, 0.25) is 0 Å². The Kier molecular flexibility index (Phi) is 4.67. The first kappa shape index (κ1) is 17.0. The van der Waals surface area contributed by atoms with Gasteiger partial charge in [0.1, 0.15) is 5.71 Å². The van der Waals surface area contributed by atoms with Crippen LogP contribution in [0.4, 0.5) is 5.69 Å². The summed E-state index contributed by atoms with van der Waals surface area (Å²) in [5, 5.41) is 8.78. The molecular weight excluding hydrogens is 330 g/mol. The number of benzene rings is 3. The fourth-order valence-corrected chi connectivity index (χ4v) is 3.27. The van der Waals surface area contributed by atoms with Gasteiger partial charge in [-0.25, -0.2) is 0 Å². The van der Waals surface area contributed by atoms with E-state index < -0.39 is 0 Å². The minimum absolute atomic E-state index is 0.932. The number of anilines is 1. The average molecular weight is 351 g/mol. The zero-order chi connectivity index (χ0) is 18.6. The molecule has 3 aromatic rings. The van der Waals surface area contributed by atoms with Gasteiger partial charge in [0.15, 0.2) is 0 Å². The second-order valence-electron chi connectivity index (χ2n) is 6.65. The highest BCUT2D eigenvalue weighted by Crippen LogP contribution is 2.36.